The number of rotatable bonds is 7. The minimum atomic E-state index is -0.423. The monoisotopic (exact) mass is 291 g/mol. The summed E-state index contributed by atoms with van der Waals surface area (Å²) in [7, 11) is 0. The van der Waals surface area contributed by atoms with Crippen LogP contribution in [0.4, 0.5) is 5.69 Å². The molecule has 0 aromatic heterocycles. The Morgan fingerprint density at radius 2 is 1.95 bits per heavy atom. The van der Waals surface area contributed by atoms with E-state index in [0.717, 1.165) is 6.42 Å². The van der Waals surface area contributed by atoms with E-state index in [1.807, 2.05) is 13.8 Å². The quantitative estimate of drug-likeness (QED) is 0.619. The van der Waals surface area contributed by atoms with Crippen LogP contribution in [0.15, 0.2) is 24.3 Å². The number of esters is 1. The fourth-order valence-corrected chi connectivity index (χ4v) is 1.64. The number of amides is 1. The van der Waals surface area contributed by atoms with Crippen LogP contribution >= 0.6 is 0 Å². The molecule has 1 amide bonds. The first-order chi connectivity index (χ1) is 9.88. The Morgan fingerprint density at radius 1 is 1.24 bits per heavy atom. The number of anilines is 1. The van der Waals surface area contributed by atoms with Gasteiger partial charge in [0, 0.05) is 17.7 Å². The molecule has 0 fully saturated rings. The second kappa shape index (κ2) is 8.19. The Hall–Kier alpha value is -2.17. The zero-order chi connectivity index (χ0) is 15.8. The van der Waals surface area contributed by atoms with Gasteiger partial charge in [-0.1, -0.05) is 26.0 Å². The van der Waals surface area contributed by atoms with Crippen LogP contribution in [-0.4, -0.2) is 24.3 Å². The van der Waals surface area contributed by atoms with Gasteiger partial charge in [0.1, 0.15) is 0 Å². The van der Waals surface area contributed by atoms with Crippen LogP contribution in [0.2, 0.25) is 0 Å². The molecule has 1 aromatic rings. The maximum atomic E-state index is 11.7. The lowest BCUT2D eigenvalue weighted by atomic mass is 10.1. The first kappa shape index (κ1) is 16.9. The number of carbonyl (C=O) groups is 3. The average Bonchev–Trinajstić information content (AvgIpc) is 2.43. The van der Waals surface area contributed by atoms with Gasteiger partial charge < -0.3 is 10.1 Å². The fraction of sp³-hybridized carbons (Fsp3) is 0.438. The molecule has 0 radical (unpaired) electrons. The van der Waals surface area contributed by atoms with Crippen molar-refractivity contribution in [2.24, 2.45) is 5.92 Å². The lowest BCUT2D eigenvalue weighted by Crippen LogP contribution is -2.21. The fourth-order valence-electron chi connectivity index (χ4n) is 1.64. The van der Waals surface area contributed by atoms with Gasteiger partial charge in [0.05, 0.1) is 0 Å². The van der Waals surface area contributed by atoms with Gasteiger partial charge in [0.15, 0.2) is 12.4 Å². The normalized spacial score (nSPS) is 10.3. The predicted octanol–water partition coefficient (Wildman–Crippen LogP) is 2.81. The summed E-state index contributed by atoms with van der Waals surface area (Å²) >= 11 is 0. The smallest absolute Gasteiger partial charge is 0.306 e. The van der Waals surface area contributed by atoms with E-state index in [9.17, 15) is 14.4 Å². The van der Waals surface area contributed by atoms with Crippen molar-refractivity contribution in [3.63, 3.8) is 0 Å². The van der Waals surface area contributed by atoms with Crippen molar-refractivity contribution in [1.29, 1.82) is 0 Å². The first-order valence-corrected chi connectivity index (χ1v) is 6.95. The van der Waals surface area contributed by atoms with Crippen molar-refractivity contribution in [2.45, 2.75) is 33.6 Å². The molecule has 0 aliphatic rings. The number of hydrogen-bond donors (Lipinski definition) is 1. The maximum Gasteiger partial charge on any atom is 0.306 e. The lowest BCUT2D eigenvalue weighted by molar-refractivity contribution is -0.147. The van der Waals surface area contributed by atoms with Crippen LogP contribution in [0.3, 0.4) is 0 Å². The third-order valence-electron chi connectivity index (χ3n) is 2.84. The van der Waals surface area contributed by atoms with Gasteiger partial charge in [0.2, 0.25) is 0 Å². The number of nitrogens with one attached hydrogen (secondary N) is 1. The molecule has 1 rings (SSSR count). The van der Waals surface area contributed by atoms with E-state index in [2.05, 4.69) is 5.32 Å². The van der Waals surface area contributed by atoms with Crippen molar-refractivity contribution < 1.29 is 19.1 Å². The molecule has 0 aliphatic heterocycles. The van der Waals surface area contributed by atoms with Crippen molar-refractivity contribution in [1.82, 2.24) is 0 Å². The minimum absolute atomic E-state index is 0.0776. The van der Waals surface area contributed by atoms with Crippen LogP contribution in [-0.2, 0) is 14.3 Å². The van der Waals surface area contributed by atoms with E-state index in [1.165, 1.54) is 6.92 Å². The van der Waals surface area contributed by atoms with Crippen molar-refractivity contribution in [3.8, 4) is 0 Å². The second-order valence-corrected chi connectivity index (χ2v) is 5.28. The van der Waals surface area contributed by atoms with Crippen LogP contribution in [0, 0.1) is 5.92 Å². The zero-order valence-corrected chi connectivity index (χ0v) is 12.6. The standard InChI is InChI=1S/C16H21NO4/c1-11(2)7-8-16(20)21-10-15(19)17-14-6-4-5-13(9-14)12(3)18/h4-6,9,11H,7-8,10H2,1-3H3,(H,17,19). The third-order valence-corrected chi connectivity index (χ3v) is 2.84. The predicted molar refractivity (Wildman–Crippen MR) is 80.1 cm³/mol. The summed E-state index contributed by atoms with van der Waals surface area (Å²) in [6.07, 6.45) is 1.05. The highest BCUT2D eigenvalue weighted by atomic mass is 16.5. The van der Waals surface area contributed by atoms with Gasteiger partial charge in [-0.15, -0.1) is 0 Å². The van der Waals surface area contributed by atoms with Crippen molar-refractivity contribution >= 4 is 23.3 Å². The molecule has 21 heavy (non-hydrogen) atoms. The second-order valence-electron chi connectivity index (χ2n) is 5.28. The summed E-state index contributed by atoms with van der Waals surface area (Å²) in [5, 5.41) is 2.59. The molecule has 5 nitrogen and oxygen atoms in total. The van der Waals surface area contributed by atoms with Crippen molar-refractivity contribution in [2.75, 3.05) is 11.9 Å². The molecule has 1 N–H and O–H groups in total. The summed E-state index contributed by atoms with van der Waals surface area (Å²) in [4.78, 5) is 34.3. The third kappa shape index (κ3) is 6.70. The molecule has 0 unspecified atom stereocenters. The van der Waals surface area contributed by atoms with Crippen LogP contribution in [0.5, 0.6) is 0 Å². The maximum absolute atomic E-state index is 11.7. The minimum Gasteiger partial charge on any atom is -0.456 e. The number of carbonyl (C=O) groups excluding carboxylic acids is 3. The molecule has 0 saturated carbocycles. The number of benzene rings is 1. The average molecular weight is 291 g/mol. The van der Waals surface area contributed by atoms with E-state index in [0.29, 0.717) is 23.6 Å². The zero-order valence-electron chi connectivity index (χ0n) is 12.6. The molecular formula is C16H21NO4. The largest absolute Gasteiger partial charge is 0.456 e. The van der Waals surface area contributed by atoms with Gasteiger partial charge in [0.25, 0.3) is 5.91 Å². The molecule has 0 heterocycles. The Bertz CT molecular complexity index is 523. The van der Waals surface area contributed by atoms with Gasteiger partial charge >= 0.3 is 5.97 Å². The van der Waals surface area contributed by atoms with Crippen LogP contribution in [0.25, 0.3) is 0 Å². The highest BCUT2D eigenvalue weighted by Gasteiger charge is 2.09. The van der Waals surface area contributed by atoms with Gasteiger partial charge in [-0.2, -0.15) is 0 Å². The molecule has 0 saturated heterocycles. The van der Waals surface area contributed by atoms with Crippen LogP contribution < -0.4 is 5.32 Å². The van der Waals surface area contributed by atoms with E-state index < -0.39 is 5.91 Å². The van der Waals surface area contributed by atoms with Gasteiger partial charge in [-0.05, 0) is 31.4 Å². The van der Waals surface area contributed by atoms with Gasteiger partial charge in [-0.3, -0.25) is 14.4 Å². The summed E-state index contributed by atoms with van der Waals surface area (Å²) in [5.41, 5.74) is 1.02. The highest BCUT2D eigenvalue weighted by Crippen LogP contribution is 2.11. The molecule has 5 heteroatoms. The number of ether oxygens (including phenoxy) is 1. The first-order valence-electron chi connectivity index (χ1n) is 6.95. The molecular weight excluding hydrogens is 270 g/mol. The molecule has 0 atom stereocenters. The Kier molecular flexibility index (Phi) is 6.59. The summed E-state index contributed by atoms with van der Waals surface area (Å²) in [5.74, 6) is -0.461. The van der Waals surface area contributed by atoms with E-state index >= 15 is 0 Å². The summed E-state index contributed by atoms with van der Waals surface area (Å²) in [6, 6.07) is 6.61. The Labute approximate surface area is 124 Å². The topological polar surface area (TPSA) is 72.5 Å². The SMILES string of the molecule is CC(=O)c1cccc(NC(=O)COC(=O)CCC(C)C)c1. The molecule has 0 spiro atoms. The van der Waals surface area contributed by atoms with Gasteiger partial charge in [-0.25, -0.2) is 0 Å². The molecule has 0 aliphatic carbocycles. The van der Waals surface area contributed by atoms with Crippen molar-refractivity contribution in [3.05, 3.63) is 29.8 Å². The summed E-state index contributed by atoms with van der Waals surface area (Å²) in [6.45, 7) is 5.17. The number of ketones is 1. The van der Waals surface area contributed by atoms with E-state index in [1.54, 1.807) is 24.3 Å². The molecule has 114 valence electrons. The van der Waals surface area contributed by atoms with E-state index in [-0.39, 0.29) is 18.4 Å². The van der Waals surface area contributed by atoms with E-state index in [4.69, 9.17) is 4.74 Å². The lowest BCUT2D eigenvalue weighted by Gasteiger charge is -2.08. The van der Waals surface area contributed by atoms with Crippen LogP contribution in [0.1, 0.15) is 44.0 Å². The summed E-state index contributed by atoms with van der Waals surface area (Å²) < 4.78 is 4.89. The Balaban J connectivity index is 2.42. The molecule has 1 aromatic carbocycles. The number of hydrogen-bond acceptors (Lipinski definition) is 4. The Morgan fingerprint density at radius 3 is 2.57 bits per heavy atom. The number of Topliss-reactive ketones (excluding diaryl/α,β-unsaturated/α-hetero) is 1. The highest BCUT2D eigenvalue weighted by molar-refractivity contribution is 5.97. The molecule has 0 bridgehead atoms.